The maximum atomic E-state index is 12.2. The van der Waals surface area contributed by atoms with Crippen LogP contribution in [0.3, 0.4) is 0 Å². The Hall–Kier alpha value is -2.24. The van der Waals surface area contributed by atoms with Crippen LogP contribution in [-0.4, -0.2) is 34.3 Å². The van der Waals surface area contributed by atoms with Crippen molar-refractivity contribution in [3.63, 3.8) is 0 Å². The molecule has 0 aliphatic rings. The predicted octanol–water partition coefficient (Wildman–Crippen LogP) is 2.18. The summed E-state index contributed by atoms with van der Waals surface area (Å²) in [5, 5.41) is 21.0. The summed E-state index contributed by atoms with van der Waals surface area (Å²) in [4.78, 5) is 24.3. The van der Waals surface area contributed by atoms with Crippen LogP contribution in [0.5, 0.6) is 5.75 Å². The minimum absolute atomic E-state index is 0.0540. The maximum Gasteiger partial charge on any atom is 0.323 e. The number of aliphatic carboxylic acids is 1. The zero-order chi connectivity index (χ0) is 15.3. The van der Waals surface area contributed by atoms with Crippen molar-refractivity contribution in [1.29, 1.82) is 0 Å². The fraction of sp³-hybridized carbons (Fsp3) is 0.429. The van der Waals surface area contributed by atoms with Gasteiger partial charge in [0, 0.05) is 11.2 Å². The van der Waals surface area contributed by atoms with Gasteiger partial charge in [-0.2, -0.15) is 0 Å². The molecule has 0 aromatic heterocycles. The number of hydrogen-bond acceptors (Lipinski definition) is 3. The molecule has 0 spiro atoms. The van der Waals surface area contributed by atoms with Crippen LogP contribution in [0.1, 0.15) is 27.2 Å². The van der Waals surface area contributed by atoms with Crippen LogP contribution in [0, 0.1) is 0 Å². The van der Waals surface area contributed by atoms with E-state index < -0.39 is 24.1 Å². The van der Waals surface area contributed by atoms with Crippen LogP contribution < -0.4 is 10.2 Å². The van der Waals surface area contributed by atoms with Crippen molar-refractivity contribution >= 4 is 17.7 Å². The summed E-state index contributed by atoms with van der Waals surface area (Å²) < 4.78 is 0. The lowest BCUT2D eigenvalue weighted by Crippen LogP contribution is -2.51. The minimum atomic E-state index is -1.11. The SMILES string of the molecule is CCC(C)(C)NC(=O)N(CC(=O)O)c1ccc(O)cc1. The number of nitrogens with zero attached hydrogens (tertiary/aromatic N) is 1. The molecular formula is C14H20N2O4. The number of nitrogens with one attached hydrogen (secondary N) is 1. The van der Waals surface area contributed by atoms with E-state index in [1.54, 1.807) is 0 Å². The number of carbonyl (C=O) groups is 2. The summed E-state index contributed by atoms with van der Waals surface area (Å²) in [6.07, 6.45) is 0.717. The monoisotopic (exact) mass is 280 g/mol. The highest BCUT2D eigenvalue weighted by atomic mass is 16.4. The van der Waals surface area contributed by atoms with E-state index in [2.05, 4.69) is 5.32 Å². The molecule has 6 nitrogen and oxygen atoms in total. The summed E-state index contributed by atoms with van der Waals surface area (Å²) >= 11 is 0. The molecule has 3 N–H and O–H groups in total. The van der Waals surface area contributed by atoms with E-state index in [0.29, 0.717) is 5.69 Å². The van der Waals surface area contributed by atoms with Gasteiger partial charge in [0.15, 0.2) is 0 Å². The molecule has 0 atom stereocenters. The van der Waals surface area contributed by atoms with Crippen LogP contribution >= 0.6 is 0 Å². The van der Waals surface area contributed by atoms with Gasteiger partial charge in [0.1, 0.15) is 12.3 Å². The van der Waals surface area contributed by atoms with Crippen LogP contribution in [0.4, 0.5) is 10.5 Å². The van der Waals surface area contributed by atoms with E-state index in [9.17, 15) is 14.7 Å². The Morgan fingerprint density at radius 3 is 2.25 bits per heavy atom. The maximum absolute atomic E-state index is 12.2. The first-order chi connectivity index (χ1) is 9.25. The second-order valence-corrected chi connectivity index (χ2v) is 5.16. The fourth-order valence-electron chi connectivity index (χ4n) is 1.49. The third-order valence-electron chi connectivity index (χ3n) is 3.03. The number of carboxylic acids is 1. The van der Waals surface area contributed by atoms with E-state index in [1.165, 1.54) is 24.3 Å². The number of carboxylic acid groups (broad SMARTS) is 1. The van der Waals surface area contributed by atoms with Gasteiger partial charge >= 0.3 is 12.0 Å². The van der Waals surface area contributed by atoms with Crippen molar-refractivity contribution in [3.05, 3.63) is 24.3 Å². The van der Waals surface area contributed by atoms with Gasteiger partial charge in [0.05, 0.1) is 0 Å². The molecule has 0 unspecified atom stereocenters. The number of anilines is 1. The molecule has 20 heavy (non-hydrogen) atoms. The lowest BCUT2D eigenvalue weighted by molar-refractivity contribution is -0.135. The average molecular weight is 280 g/mol. The van der Waals surface area contributed by atoms with Gasteiger partial charge in [-0.3, -0.25) is 9.69 Å². The highest BCUT2D eigenvalue weighted by Crippen LogP contribution is 2.19. The first-order valence-corrected chi connectivity index (χ1v) is 6.35. The van der Waals surface area contributed by atoms with Gasteiger partial charge in [-0.05, 0) is 44.5 Å². The Labute approximate surface area is 118 Å². The second-order valence-electron chi connectivity index (χ2n) is 5.16. The number of urea groups is 1. The highest BCUT2D eigenvalue weighted by Gasteiger charge is 2.24. The number of aromatic hydroxyl groups is 1. The lowest BCUT2D eigenvalue weighted by Gasteiger charge is -2.29. The number of rotatable bonds is 5. The number of benzene rings is 1. The summed E-state index contributed by atoms with van der Waals surface area (Å²) in [6, 6.07) is 5.32. The van der Waals surface area contributed by atoms with Gasteiger partial charge in [-0.15, -0.1) is 0 Å². The molecule has 0 aliphatic heterocycles. The fourth-order valence-corrected chi connectivity index (χ4v) is 1.49. The molecule has 1 aromatic carbocycles. The first kappa shape index (κ1) is 15.8. The van der Waals surface area contributed by atoms with Gasteiger partial charge < -0.3 is 15.5 Å². The van der Waals surface area contributed by atoms with E-state index in [-0.39, 0.29) is 5.75 Å². The standard InChI is InChI=1S/C14H20N2O4/c1-4-14(2,3)15-13(20)16(9-12(18)19)10-5-7-11(17)8-6-10/h5-8,17H,4,9H2,1-3H3,(H,15,20)(H,18,19). The Bertz CT molecular complexity index is 482. The zero-order valence-electron chi connectivity index (χ0n) is 11.9. The van der Waals surface area contributed by atoms with E-state index in [1.807, 2.05) is 20.8 Å². The van der Waals surface area contributed by atoms with Crippen molar-refractivity contribution < 1.29 is 19.8 Å². The van der Waals surface area contributed by atoms with Crippen LogP contribution in [0.15, 0.2) is 24.3 Å². The van der Waals surface area contributed by atoms with E-state index >= 15 is 0 Å². The van der Waals surface area contributed by atoms with Crippen LogP contribution in [-0.2, 0) is 4.79 Å². The van der Waals surface area contributed by atoms with Crippen LogP contribution in [0.2, 0.25) is 0 Å². The van der Waals surface area contributed by atoms with Gasteiger partial charge in [-0.25, -0.2) is 4.79 Å². The van der Waals surface area contributed by atoms with E-state index in [4.69, 9.17) is 5.11 Å². The Morgan fingerprint density at radius 1 is 1.25 bits per heavy atom. The van der Waals surface area contributed by atoms with Gasteiger partial charge in [0.25, 0.3) is 0 Å². The van der Waals surface area contributed by atoms with Gasteiger partial charge in [-0.1, -0.05) is 6.92 Å². The van der Waals surface area contributed by atoms with Crippen molar-refractivity contribution in [2.24, 2.45) is 0 Å². The number of hydrogen-bond donors (Lipinski definition) is 3. The normalized spacial score (nSPS) is 10.9. The summed E-state index contributed by atoms with van der Waals surface area (Å²) in [6.45, 7) is 5.21. The first-order valence-electron chi connectivity index (χ1n) is 6.35. The molecule has 2 amide bonds. The molecule has 0 aliphatic carbocycles. The highest BCUT2D eigenvalue weighted by molar-refractivity contribution is 5.96. The molecule has 0 heterocycles. The number of phenols is 1. The predicted molar refractivity (Wildman–Crippen MR) is 76.0 cm³/mol. The topological polar surface area (TPSA) is 89.9 Å². The molecular weight excluding hydrogens is 260 g/mol. The Kier molecular flexibility index (Phi) is 4.96. The molecule has 0 saturated carbocycles. The molecule has 0 fully saturated rings. The third kappa shape index (κ3) is 4.46. The van der Waals surface area contributed by atoms with Crippen molar-refractivity contribution in [1.82, 2.24) is 5.32 Å². The molecule has 6 heteroatoms. The average Bonchev–Trinajstić information content (AvgIpc) is 2.36. The van der Waals surface area contributed by atoms with Crippen molar-refractivity contribution in [3.8, 4) is 5.75 Å². The molecule has 1 aromatic rings. The molecule has 1 rings (SSSR count). The quantitative estimate of drug-likeness (QED) is 0.771. The van der Waals surface area contributed by atoms with Gasteiger partial charge in [0.2, 0.25) is 0 Å². The zero-order valence-corrected chi connectivity index (χ0v) is 11.9. The largest absolute Gasteiger partial charge is 0.508 e. The Balaban J connectivity index is 2.97. The van der Waals surface area contributed by atoms with Crippen molar-refractivity contribution in [2.75, 3.05) is 11.4 Å². The molecule has 0 bridgehead atoms. The number of amides is 2. The Morgan fingerprint density at radius 2 is 1.80 bits per heavy atom. The van der Waals surface area contributed by atoms with Crippen LogP contribution in [0.25, 0.3) is 0 Å². The number of phenolic OH excluding ortho intramolecular Hbond substituents is 1. The summed E-state index contributed by atoms with van der Waals surface area (Å²) in [5.74, 6) is -1.05. The molecule has 0 radical (unpaired) electrons. The summed E-state index contributed by atoms with van der Waals surface area (Å²) in [7, 11) is 0. The molecule has 0 saturated heterocycles. The third-order valence-corrected chi connectivity index (χ3v) is 3.03. The minimum Gasteiger partial charge on any atom is -0.508 e. The smallest absolute Gasteiger partial charge is 0.323 e. The number of carbonyl (C=O) groups excluding carboxylic acids is 1. The lowest BCUT2D eigenvalue weighted by atomic mass is 10.0. The second kappa shape index (κ2) is 6.27. The van der Waals surface area contributed by atoms with Crippen molar-refractivity contribution in [2.45, 2.75) is 32.7 Å². The summed E-state index contributed by atoms with van der Waals surface area (Å²) in [5.41, 5.74) is -0.0142. The molecule has 110 valence electrons. The van der Waals surface area contributed by atoms with E-state index in [0.717, 1.165) is 11.3 Å².